The maximum absolute atomic E-state index is 11.9. The molecule has 0 radical (unpaired) electrons. The molecule has 27 heavy (non-hydrogen) atoms. The fourth-order valence-corrected chi connectivity index (χ4v) is 3.99. The molecule has 7 nitrogen and oxygen atoms in total. The van der Waals surface area contributed by atoms with E-state index in [-0.39, 0.29) is 16.6 Å². The molecule has 3 aromatic rings. The van der Waals surface area contributed by atoms with E-state index in [1.807, 2.05) is 26.0 Å². The van der Waals surface area contributed by atoms with Crippen LogP contribution < -0.4 is 5.14 Å². The third-order valence-corrected chi connectivity index (χ3v) is 5.38. The van der Waals surface area contributed by atoms with E-state index >= 15 is 0 Å². The first-order chi connectivity index (χ1) is 12.6. The summed E-state index contributed by atoms with van der Waals surface area (Å²) in [6, 6.07) is 10.5. The predicted octanol–water partition coefficient (Wildman–Crippen LogP) is 2.86. The van der Waals surface area contributed by atoms with Gasteiger partial charge in [0, 0.05) is 11.4 Å². The van der Waals surface area contributed by atoms with Gasteiger partial charge in [-0.05, 0) is 56.0 Å². The lowest BCUT2D eigenvalue weighted by atomic mass is 10.0. The molecule has 0 bridgehead atoms. The van der Waals surface area contributed by atoms with Crippen molar-refractivity contribution in [2.45, 2.75) is 38.1 Å². The molecule has 8 heteroatoms. The van der Waals surface area contributed by atoms with Crippen LogP contribution in [0.15, 0.2) is 41.3 Å². The number of aryl methyl sites for hydroxylation is 1. The largest absolute Gasteiger partial charge is 0.476 e. The van der Waals surface area contributed by atoms with Gasteiger partial charge in [-0.1, -0.05) is 24.3 Å². The molecule has 0 saturated heterocycles. The molecule has 3 N–H and O–H groups in total. The molecule has 0 unspecified atom stereocenters. The second-order valence-corrected chi connectivity index (χ2v) is 8.41. The van der Waals surface area contributed by atoms with Crippen molar-refractivity contribution in [2.75, 3.05) is 0 Å². The third-order valence-electron chi connectivity index (χ3n) is 4.39. The molecule has 0 aliphatic carbocycles. The molecule has 1 heterocycles. The van der Waals surface area contributed by atoms with Crippen molar-refractivity contribution in [1.29, 1.82) is 0 Å². The number of aromatic nitrogens is 2. The Bertz CT molecular complexity index is 1150. The Balaban J connectivity index is 2.12. The van der Waals surface area contributed by atoms with E-state index in [2.05, 4.69) is 5.10 Å². The Morgan fingerprint density at radius 2 is 1.93 bits per heavy atom. The summed E-state index contributed by atoms with van der Waals surface area (Å²) in [7, 11) is -3.84. The zero-order valence-electron chi connectivity index (χ0n) is 15.3. The lowest BCUT2D eigenvalue weighted by molar-refractivity contribution is 0.0691. The standard InChI is InChI=1S/C19H21N3O4S/c1-11(2)22-16-10-13(5-7-15(16)18(21-22)19(23)24)9-14-6-4-12(3)8-17(14)27(20,25)26/h4-8,10-11H,9H2,1-3H3,(H,23,24)(H2,20,25,26). The number of rotatable bonds is 5. The second kappa shape index (κ2) is 6.79. The maximum Gasteiger partial charge on any atom is 0.357 e. The number of carboxylic acids is 1. The molecule has 0 aliphatic heterocycles. The number of nitrogens with two attached hydrogens (primary N) is 1. The average molecular weight is 387 g/mol. The molecule has 142 valence electrons. The van der Waals surface area contributed by atoms with Crippen LogP contribution in [0.5, 0.6) is 0 Å². The molecule has 0 fully saturated rings. The van der Waals surface area contributed by atoms with Crippen molar-refractivity contribution >= 4 is 26.9 Å². The highest BCUT2D eigenvalue weighted by molar-refractivity contribution is 7.89. The number of benzene rings is 2. The summed E-state index contributed by atoms with van der Waals surface area (Å²) >= 11 is 0. The van der Waals surface area contributed by atoms with Crippen LogP contribution in [0.25, 0.3) is 10.9 Å². The molecule has 2 aromatic carbocycles. The predicted molar refractivity (Wildman–Crippen MR) is 102 cm³/mol. The normalized spacial score (nSPS) is 12.0. The third kappa shape index (κ3) is 3.72. The molecular weight excluding hydrogens is 366 g/mol. The van der Waals surface area contributed by atoms with Crippen molar-refractivity contribution in [2.24, 2.45) is 5.14 Å². The van der Waals surface area contributed by atoms with Gasteiger partial charge in [-0.25, -0.2) is 18.4 Å². The minimum absolute atomic E-state index is 0.00538. The number of carbonyl (C=O) groups is 1. The molecule has 0 aliphatic rings. The lowest BCUT2D eigenvalue weighted by Gasteiger charge is -2.11. The average Bonchev–Trinajstić information content (AvgIpc) is 2.95. The van der Waals surface area contributed by atoms with E-state index in [9.17, 15) is 18.3 Å². The van der Waals surface area contributed by atoms with Crippen LogP contribution in [0, 0.1) is 6.92 Å². The Morgan fingerprint density at radius 3 is 2.52 bits per heavy atom. The minimum atomic E-state index is -3.84. The van der Waals surface area contributed by atoms with Gasteiger partial charge in [-0.3, -0.25) is 4.68 Å². The first-order valence-electron chi connectivity index (χ1n) is 8.44. The minimum Gasteiger partial charge on any atom is -0.476 e. The number of hydrogen-bond acceptors (Lipinski definition) is 4. The number of aromatic carboxylic acids is 1. The van der Waals surface area contributed by atoms with Crippen LogP contribution in [0.2, 0.25) is 0 Å². The summed E-state index contributed by atoms with van der Waals surface area (Å²) in [4.78, 5) is 11.6. The maximum atomic E-state index is 11.9. The molecule has 1 aromatic heterocycles. The van der Waals surface area contributed by atoms with Crippen molar-refractivity contribution in [3.8, 4) is 0 Å². The molecule has 0 amide bonds. The SMILES string of the molecule is Cc1ccc(Cc2ccc3c(C(=O)O)nn(C(C)C)c3c2)c(S(N)(=O)=O)c1. The topological polar surface area (TPSA) is 115 Å². The first-order valence-corrected chi connectivity index (χ1v) is 9.99. The molecule has 0 spiro atoms. The lowest BCUT2D eigenvalue weighted by Crippen LogP contribution is -2.15. The zero-order valence-corrected chi connectivity index (χ0v) is 16.1. The van der Waals surface area contributed by atoms with Gasteiger partial charge in [0.25, 0.3) is 0 Å². The molecule has 3 rings (SSSR count). The van der Waals surface area contributed by atoms with Gasteiger partial charge in [0.2, 0.25) is 10.0 Å². The van der Waals surface area contributed by atoms with Gasteiger partial charge < -0.3 is 5.11 Å². The van der Waals surface area contributed by atoms with Gasteiger partial charge >= 0.3 is 5.97 Å². The Kier molecular flexibility index (Phi) is 4.79. The van der Waals surface area contributed by atoms with Crippen LogP contribution >= 0.6 is 0 Å². The van der Waals surface area contributed by atoms with Gasteiger partial charge in [-0.2, -0.15) is 5.10 Å². The summed E-state index contributed by atoms with van der Waals surface area (Å²) in [6.07, 6.45) is 0.355. The number of carboxylic acid groups (broad SMARTS) is 1. The fourth-order valence-electron chi connectivity index (χ4n) is 3.14. The van der Waals surface area contributed by atoms with Crippen molar-refractivity contribution < 1.29 is 18.3 Å². The molecule has 0 atom stereocenters. The van der Waals surface area contributed by atoms with Crippen LogP contribution in [0.4, 0.5) is 0 Å². The first kappa shape index (κ1) is 19.1. The number of primary sulfonamides is 1. The van der Waals surface area contributed by atoms with E-state index in [1.54, 1.807) is 35.9 Å². The second-order valence-electron chi connectivity index (χ2n) is 6.88. The van der Waals surface area contributed by atoms with E-state index in [4.69, 9.17) is 5.14 Å². The quantitative estimate of drug-likeness (QED) is 0.698. The Morgan fingerprint density at radius 1 is 1.22 bits per heavy atom. The van der Waals surface area contributed by atoms with Crippen LogP contribution in [-0.4, -0.2) is 29.3 Å². The highest BCUT2D eigenvalue weighted by Gasteiger charge is 2.19. The summed E-state index contributed by atoms with van der Waals surface area (Å²) in [5.41, 5.74) is 2.95. The highest BCUT2D eigenvalue weighted by atomic mass is 32.2. The van der Waals surface area contributed by atoms with Gasteiger partial charge in [-0.15, -0.1) is 0 Å². The van der Waals surface area contributed by atoms with Gasteiger partial charge in [0.05, 0.1) is 10.4 Å². The van der Waals surface area contributed by atoms with Gasteiger partial charge in [0.15, 0.2) is 5.69 Å². The fraction of sp³-hybridized carbons (Fsp3) is 0.263. The number of hydrogen-bond donors (Lipinski definition) is 2. The Labute approximate surface area is 157 Å². The van der Waals surface area contributed by atoms with Crippen molar-refractivity contribution in [3.63, 3.8) is 0 Å². The zero-order chi connectivity index (χ0) is 19.9. The molecule has 0 saturated carbocycles. The van der Waals surface area contributed by atoms with Crippen LogP contribution in [0.1, 0.15) is 47.1 Å². The Hall–Kier alpha value is -2.71. The number of fused-ring (bicyclic) bond motifs is 1. The van der Waals surface area contributed by atoms with Crippen molar-refractivity contribution in [1.82, 2.24) is 9.78 Å². The summed E-state index contributed by atoms with van der Waals surface area (Å²) in [5, 5.41) is 19.5. The van der Waals surface area contributed by atoms with Crippen LogP contribution in [-0.2, 0) is 16.4 Å². The van der Waals surface area contributed by atoms with E-state index < -0.39 is 16.0 Å². The number of nitrogens with zero attached hydrogens (tertiary/aromatic N) is 2. The van der Waals surface area contributed by atoms with Crippen LogP contribution in [0.3, 0.4) is 0 Å². The number of sulfonamides is 1. The summed E-state index contributed by atoms with van der Waals surface area (Å²) in [6.45, 7) is 5.65. The summed E-state index contributed by atoms with van der Waals surface area (Å²) < 4.78 is 25.5. The summed E-state index contributed by atoms with van der Waals surface area (Å²) in [5.74, 6) is -1.08. The molecular formula is C19H21N3O4S. The monoisotopic (exact) mass is 387 g/mol. The van der Waals surface area contributed by atoms with E-state index in [0.717, 1.165) is 11.1 Å². The highest BCUT2D eigenvalue weighted by Crippen LogP contribution is 2.26. The van der Waals surface area contributed by atoms with Crippen molar-refractivity contribution in [3.05, 3.63) is 58.8 Å². The smallest absolute Gasteiger partial charge is 0.357 e. The van der Waals surface area contributed by atoms with Gasteiger partial charge in [0.1, 0.15) is 0 Å². The van der Waals surface area contributed by atoms with E-state index in [1.165, 1.54) is 0 Å². The van der Waals surface area contributed by atoms with E-state index in [0.29, 0.717) is 22.9 Å².